The molecule has 0 saturated carbocycles. The monoisotopic (exact) mass is 700 g/mol. The minimum atomic E-state index is -0.991. The molecular weight excluding hydrogens is 664 g/mol. The van der Waals surface area contributed by atoms with Crippen LogP contribution in [0.4, 0.5) is 5.69 Å². The Kier molecular flexibility index (Phi) is 9.44. The van der Waals surface area contributed by atoms with E-state index in [1.807, 2.05) is 24.3 Å². The molecule has 5 aromatic rings. The van der Waals surface area contributed by atoms with Crippen LogP contribution in [-0.4, -0.2) is 72.5 Å². The number of rotatable bonds is 13. The van der Waals surface area contributed by atoms with Crippen LogP contribution in [0.2, 0.25) is 0 Å². The molecule has 4 heterocycles. The van der Waals surface area contributed by atoms with Gasteiger partial charge in [0.15, 0.2) is 0 Å². The van der Waals surface area contributed by atoms with Gasteiger partial charge in [0, 0.05) is 30.3 Å². The highest BCUT2D eigenvalue weighted by atomic mass is 16.5. The molecule has 1 atom stereocenters. The number of fused-ring (bicyclic) bond motifs is 1. The number of imide groups is 2. The number of nitrogens with zero attached hydrogens (tertiary/aromatic N) is 6. The van der Waals surface area contributed by atoms with E-state index in [1.165, 1.54) is 11.0 Å². The normalized spacial score (nSPS) is 15.7. The number of carbonyl (C=O) groups excluding carboxylic acids is 4. The molecule has 14 nitrogen and oxygen atoms in total. The molecule has 3 aromatic carbocycles. The molecule has 52 heavy (non-hydrogen) atoms. The van der Waals surface area contributed by atoms with E-state index in [0.717, 1.165) is 33.2 Å². The molecule has 2 N–H and O–H groups in total. The topological polar surface area (TPSA) is 171 Å². The first-order valence-corrected chi connectivity index (χ1v) is 16.9. The van der Waals surface area contributed by atoms with Crippen LogP contribution < -0.4 is 20.1 Å². The lowest BCUT2D eigenvalue weighted by Gasteiger charge is -2.27. The third kappa shape index (κ3) is 7.08. The molecule has 264 valence electrons. The van der Waals surface area contributed by atoms with E-state index in [2.05, 4.69) is 68.8 Å². The van der Waals surface area contributed by atoms with Crippen molar-refractivity contribution in [1.82, 2.24) is 34.9 Å². The number of ether oxygens (including phenoxy) is 2. The highest BCUT2D eigenvalue weighted by molar-refractivity contribution is 6.23. The lowest BCUT2D eigenvalue weighted by Crippen LogP contribution is -2.54. The first-order valence-electron chi connectivity index (χ1n) is 16.9. The second-order valence-electron chi connectivity index (χ2n) is 13.0. The summed E-state index contributed by atoms with van der Waals surface area (Å²) in [6.07, 6.45) is 5.52. The van der Waals surface area contributed by atoms with Gasteiger partial charge in [-0.15, -0.1) is 0 Å². The molecule has 0 spiro atoms. The van der Waals surface area contributed by atoms with Crippen LogP contribution in [0.25, 0.3) is 5.95 Å². The standard InChI is InChI=1S/C38H36N8O6/c1-38(2,25-6-11-29(12-7-25)52-21-27-16-18-41-37(43-27)45-23-39-22-42-45)24-4-9-28(10-5-24)51-19-3-17-40-26-8-13-30-31(20-26)36(50)46(35(30)49)32-14-15-33(47)44-34(32)48/h4-13,16,18,20,22-23,32,40H,3,14-15,17,19,21H2,1-2H3,(H,44,47,48). The maximum absolute atomic E-state index is 13.1. The van der Waals surface area contributed by atoms with Crippen molar-refractivity contribution in [3.8, 4) is 17.4 Å². The van der Waals surface area contributed by atoms with Crippen LogP contribution in [0.3, 0.4) is 0 Å². The summed E-state index contributed by atoms with van der Waals surface area (Å²) in [5.41, 5.74) is 3.90. The molecule has 2 aromatic heterocycles. The average Bonchev–Trinajstić information content (AvgIpc) is 3.78. The minimum absolute atomic E-state index is 0.0774. The summed E-state index contributed by atoms with van der Waals surface area (Å²) in [6, 6.07) is 21.9. The fraction of sp³-hybridized carbons (Fsp3) is 0.263. The largest absolute Gasteiger partial charge is 0.494 e. The Labute approximate surface area is 299 Å². The van der Waals surface area contributed by atoms with Crippen molar-refractivity contribution in [2.24, 2.45) is 0 Å². The van der Waals surface area contributed by atoms with Gasteiger partial charge in [-0.25, -0.2) is 15.0 Å². The van der Waals surface area contributed by atoms with E-state index in [9.17, 15) is 19.2 Å². The van der Waals surface area contributed by atoms with Crippen LogP contribution in [-0.2, 0) is 21.6 Å². The highest BCUT2D eigenvalue weighted by Gasteiger charge is 2.44. The number of benzene rings is 3. The molecule has 2 aliphatic rings. The first kappa shape index (κ1) is 34.0. The smallest absolute Gasteiger partial charge is 0.262 e. The van der Waals surface area contributed by atoms with Crippen LogP contribution in [0.1, 0.15) is 70.6 Å². The SMILES string of the molecule is CC(C)(c1ccc(OCCCNc2ccc3c(c2)C(=O)N(C2CCC(=O)NC2=O)C3=O)cc1)c1ccc(OCc2ccnc(-n3cncn3)n2)cc1. The van der Waals surface area contributed by atoms with Gasteiger partial charge in [0.1, 0.15) is 36.8 Å². The zero-order valence-corrected chi connectivity index (χ0v) is 28.6. The number of carbonyl (C=O) groups is 4. The van der Waals surface area contributed by atoms with E-state index in [-0.39, 0.29) is 36.0 Å². The lowest BCUT2D eigenvalue weighted by atomic mass is 9.78. The molecule has 1 unspecified atom stereocenters. The molecule has 4 amide bonds. The zero-order chi connectivity index (χ0) is 36.2. The Morgan fingerprint density at radius 2 is 1.60 bits per heavy atom. The van der Waals surface area contributed by atoms with Crippen LogP contribution in [0.5, 0.6) is 11.5 Å². The molecular formula is C38H36N8O6. The Bertz CT molecular complexity index is 2120. The van der Waals surface area contributed by atoms with Gasteiger partial charge in [-0.1, -0.05) is 38.1 Å². The van der Waals surface area contributed by atoms with Crippen molar-refractivity contribution in [3.63, 3.8) is 0 Å². The van der Waals surface area contributed by atoms with Gasteiger partial charge in [-0.05, 0) is 72.5 Å². The summed E-state index contributed by atoms with van der Waals surface area (Å²) in [6.45, 7) is 5.68. The number of piperidine rings is 1. The fourth-order valence-corrected chi connectivity index (χ4v) is 6.22. The van der Waals surface area contributed by atoms with Gasteiger partial charge in [0.2, 0.25) is 11.8 Å². The molecule has 1 fully saturated rings. The molecule has 14 heteroatoms. The zero-order valence-electron chi connectivity index (χ0n) is 28.6. The van der Waals surface area contributed by atoms with Crippen molar-refractivity contribution in [2.45, 2.75) is 51.2 Å². The fourth-order valence-electron chi connectivity index (χ4n) is 6.22. The first-order chi connectivity index (χ1) is 25.2. The quantitative estimate of drug-likeness (QED) is 0.133. The van der Waals surface area contributed by atoms with E-state index in [4.69, 9.17) is 9.47 Å². The third-order valence-electron chi connectivity index (χ3n) is 9.22. The Morgan fingerprint density at radius 1 is 0.885 bits per heavy atom. The predicted octanol–water partition coefficient (Wildman–Crippen LogP) is 4.24. The molecule has 7 rings (SSSR count). The maximum Gasteiger partial charge on any atom is 0.262 e. The predicted molar refractivity (Wildman–Crippen MR) is 188 cm³/mol. The van der Waals surface area contributed by atoms with E-state index in [1.54, 1.807) is 36.8 Å². The number of amides is 4. The molecule has 0 aliphatic carbocycles. The summed E-state index contributed by atoms with van der Waals surface area (Å²) in [5.74, 6) is -0.175. The second-order valence-corrected chi connectivity index (χ2v) is 13.0. The maximum atomic E-state index is 13.1. The van der Waals surface area contributed by atoms with Gasteiger partial charge in [-0.3, -0.25) is 29.4 Å². The van der Waals surface area contributed by atoms with Crippen LogP contribution in [0, 0.1) is 0 Å². The van der Waals surface area contributed by atoms with Crippen molar-refractivity contribution in [1.29, 1.82) is 0 Å². The summed E-state index contributed by atoms with van der Waals surface area (Å²) in [7, 11) is 0. The summed E-state index contributed by atoms with van der Waals surface area (Å²) in [5, 5.41) is 9.55. The average molecular weight is 701 g/mol. The van der Waals surface area contributed by atoms with E-state index >= 15 is 0 Å². The molecule has 0 bridgehead atoms. The van der Waals surface area contributed by atoms with Gasteiger partial charge >= 0.3 is 0 Å². The number of hydrogen-bond donors (Lipinski definition) is 2. The van der Waals surface area contributed by atoms with Gasteiger partial charge in [-0.2, -0.15) is 9.78 Å². The molecule has 1 saturated heterocycles. The van der Waals surface area contributed by atoms with Crippen molar-refractivity contribution in [3.05, 3.63) is 120 Å². The molecule has 0 radical (unpaired) electrons. The summed E-state index contributed by atoms with van der Waals surface area (Å²) >= 11 is 0. The number of nitrogens with one attached hydrogen (secondary N) is 2. The summed E-state index contributed by atoms with van der Waals surface area (Å²) < 4.78 is 13.5. The third-order valence-corrected chi connectivity index (χ3v) is 9.22. The van der Waals surface area contributed by atoms with Crippen LogP contribution in [0.15, 0.2) is 91.6 Å². The van der Waals surface area contributed by atoms with Gasteiger partial charge in [0.05, 0.1) is 23.4 Å². The number of aromatic nitrogens is 5. The van der Waals surface area contributed by atoms with Gasteiger partial charge in [0.25, 0.3) is 17.8 Å². The minimum Gasteiger partial charge on any atom is -0.494 e. The van der Waals surface area contributed by atoms with E-state index < -0.39 is 29.7 Å². The Balaban J connectivity index is 0.871. The lowest BCUT2D eigenvalue weighted by molar-refractivity contribution is -0.136. The number of anilines is 1. The summed E-state index contributed by atoms with van der Waals surface area (Å²) in [4.78, 5) is 63.4. The van der Waals surface area contributed by atoms with Gasteiger partial charge < -0.3 is 14.8 Å². The second kappa shape index (κ2) is 14.4. The highest BCUT2D eigenvalue weighted by Crippen LogP contribution is 2.34. The molecule has 2 aliphatic heterocycles. The van der Waals surface area contributed by atoms with Crippen LogP contribution >= 0.6 is 0 Å². The van der Waals surface area contributed by atoms with Crippen molar-refractivity contribution in [2.75, 3.05) is 18.5 Å². The Morgan fingerprint density at radius 3 is 2.29 bits per heavy atom. The van der Waals surface area contributed by atoms with Crippen molar-refractivity contribution >= 4 is 29.3 Å². The Hall–Kier alpha value is -6.44. The number of hydrogen-bond acceptors (Lipinski definition) is 11. The van der Waals surface area contributed by atoms with E-state index in [0.29, 0.717) is 31.2 Å². The van der Waals surface area contributed by atoms with Crippen molar-refractivity contribution < 1.29 is 28.7 Å².